The number of hydrogen-bond donors (Lipinski definition) is 2. The number of carbonyl (C=O) groups excluding carboxylic acids is 2. The van der Waals surface area contributed by atoms with Crippen LogP contribution in [0.25, 0.3) is 0 Å². The Morgan fingerprint density at radius 3 is 2.10 bits per heavy atom. The molecule has 0 saturated carbocycles. The molecule has 1 unspecified atom stereocenters. The van der Waals surface area contributed by atoms with Crippen molar-refractivity contribution in [3.63, 3.8) is 0 Å². The standard InChI is InChI=1S/C37H32Cl2FN3O5S/c38-29-12-10-27(11-13-29)24-43(35(22-26-6-2-1-3-7-26)37(45)41-23-28-8-4-5-9-34(28)39)36(44)25-48-32-18-20-33(21-19-32)49(46,47)42-31-16-14-30(40)15-17-31/h1-21,35,42H,22-25H2,(H,41,45). The minimum absolute atomic E-state index is 0.0574. The highest BCUT2D eigenvalue weighted by Gasteiger charge is 2.31. The van der Waals surface area contributed by atoms with Crippen molar-refractivity contribution in [3.8, 4) is 5.75 Å². The Balaban J connectivity index is 1.35. The van der Waals surface area contributed by atoms with Gasteiger partial charge in [-0.15, -0.1) is 0 Å². The molecule has 0 radical (unpaired) electrons. The van der Waals surface area contributed by atoms with E-state index in [4.69, 9.17) is 27.9 Å². The lowest BCUT2D eigenvalue weighted by Crippen LogP contribution is -2.51. The van der Waals surface area contributed by atoms with Gasteiger partial charge in [0.2, 0.25) is 5.91 Å². The summed E-state index contributed by atoms with van der Waals surface area (Å²) in [5.41, 5.74) is 2.53. The first kappa shape index (κ1) is 35.4. The van der Waals surface area contributed by atoms with E-state index in [1.165, 1.54) is 41.3 Å². The first-order chi connectivity index (χ1) is 23.6. The van der Waals surface area contributed by atoms with Crippen LogP contribution in [0.1, 0.15) is 16.7 Å². The minimum atomic E-state index is -3.97. The molecule has 2 amide bonds. The molecule has 1 atom stereocenters. The molecular formula is C37H32Cl2FN3O5S. The number of nitrogens with one attached hydrogen (secondary N) is 2. The van der Waals surface area contributed by atoms with Gasteiger partial charge in [0.05, 0.1) is 4.90 Å². The molecule has 0 bridgehead atoms. The van der Waals surface area contributed by atoms with Crippen molar-refractivity contribution in [1.82, 2.24) is 10.2 Å². The summed E-state index contributed by atoms with van der Waals surface area (Å²) in [6.07, 6.45) is 0.224. The second-order valence-corrected chi connectivity index (χ2v) is 13.6. The predicted octanol–water partition coefficient (Wildman–Crippen LogP) is 7.27. The molecule has 0 aromatic heterocycles. The predicted molar refractivity (Wildman–Crippen MR) is 188 cm³/mol. The molecule has 0 heterocycles. The number of rotatable bonds is 14. The SMILES string of the molecule is O=C(NCc1ccccc1Cl)C(Cc1ccccc1)N(Cc1ccc(Cl)cc1)C(=O)COc1ccc(S(=O)(=O)Nc2ccc(F)cc2)cc1. The molecule has 0 spiro atoms. The monoisotopic (exact) mass is 719 g/mol. The number of benzene rings is 5. The molecule has 0 aliphatic carbocycles. The molecule has 49 heavy (non-hydrogen) atoms. The molecule has 0 fully saturated rings. The summed E-state index contributed by atoms with van der Waals surface area (Å²) in [6.45, 7) is -0.187. The summed E-state index contributed by atoms with van der Waals surface area (Å²) in [5, 5.41) is 3.98. The number of carbonyl (C=O) groups is 2. The Labute approximate surface area is 294 Å². The first-order valence-electron chi connectivity index (χ1n) is 15.2. The molecule has 5 aromatic carbocycles. The van der Waals surface area contributed by atoms with Gasteiger partial charge in [-0.05, 0) is 83.4 Å². The van der Waals surface area contributed by atoms with Crippen LogP contribution in [0.5, 0.6) is 5.75 Å². The van der Waals surface area contributed by atoms with Crippen molar-refractivity contribution in [2.24, 2.45) is 0 Å². The van der Waals surface area contributed by atoms with Crippen LogP contribution in [0.3, 0.4) is 0 Å². The molecule has 5 aromatic rings. The topological polar surface area (TPSA) is 105 Å². The zero-order chi connectivity index (χ0) is 34.8. The summed E-state index contributed by atoms with van der Waals surface area (Å²) in [4.78, 5) is 29.2. The fourth-order valence-electron chi connectivity index (χ4n) is 4.96. The van der Waals surface area contributed by atoms with Crippen LogP contribution in [0.4, 0.5) is 10.1 Å². The van der Waals surface area contributed by atoms with Crippen LogP contribution in [-0.4, -0.2) is 37.8 Å². The van der Waals surface area contributed by atoms with Gasteiger partial charge in [-0.2, -0.15) is 0 Å². The van der Waals surface area contributed by atoms with Gasteiger partial charge in [0.1, 0.15) is 17.6 Å². The van der Waals surface area contributed by atoms with Crippen molar-refractivity contribution in [3.05, 3.63) is 160 Å². The Bertz CT molecular complexity index is 1980. The molecule has 5 rings (SSSR count). The van der Waals surface area contributed by atoms with Crippen molar-refractivity contribution in [2.45, 2.75) is 30.4 Å². The Kier molecular flexibility index (Phi) is 11.9. The largest absolute Gasteiger partial charge is 0.484 e. The number of halogens is 3. The van der Waals surface area contributed by atoms with E-state index in [1.807, 2.05) is 42.5 Å². The number of hydrogen-bond acceptors (Lipinski definition) is 5. The second-order valence-electron chi connectivity index (χ2n) is 11.0. The normalized spacial score (nSPS) is 11.7. The second kappa shape index (κ2) is 16.5. The number of nitrogens with zero attached hydrogens (tertiary/aromatic N) is 1. The Hall–Kier alpha value is -4.90. The van der Waals surface area contributed by atoms with Gasteiger partial charge in [0, 0.05) is 35.2 Å². The summed E-state index contributed by atoms with van der Waals surface area (Å²) in [6, 6.07) is 33.0. The maximum absolute atomic E-state index is 13.9. The molecular weight excluding hydrogens is 688 g/mol. The summed E-state index contributed by atoms with van der Waals surface area (Å²) < 4.78 is 47.1. The molecule has 8 nitrogen and oxygen atoms in total. The summed E-state index contributed by atoms with van der Waals surface area (Å²) in [7, 11) is -3.97. The van der Waals surface area contributed by atoms with Gasteiger partial charge in [-0.1, -0.05) is 83.9 Å². The average Bonchev–Trinajstić information content (AvgIpc) is 3.10. The lowest BCUT2D eigenvalue weighted by Gasteiger charge is -2.31. The number of amides is 2. The maximum atomic E-state index is 13.9. The quantitative estimate of drug-likeness (QED) is 0.126. The molecule has 0 aliphatic heterocycles. The van der Waals surface area contributed by atoms with Crippen LogP contribution < -0.4 is 14.8 Å². The van der Waals surface area contributed by atoms with Crippen LogP contribution in [-0.2, 0) is 39.1 Å². The highest BCUT2D eigenvalue weighted by molar-refractivity contribution is 7.92. The van der Waals surface area contributed by atoms with Gasteiger partial charge in [0.25, 0.3) is 15.9 Å². The van der Waals surface area contributed by atoms with E-state index in [0.29, 0.717) is 10.0 Å². The third-order valence-corrected chi connectivity index (χ3v) is 9.56. The smallest absolute Gasteiger partial charge is 0.261 e. The van der Waals surface area contributed by atoms with Crippen molar-refractivity contribution in [1.29, 1.82) is 0 Å². The van der Waals surface area contributed by atoms with E-state index in [2.05, 4.69) is 10.0 Å². The molecule has 12 heteroatoms. The van der Waals surface area contributed by atoms with Gasteiger partial charge in [-0.3, -0.25) is 14.3 Å². The molecule has 0 saturated heterocycles. The summed E-state index contributed by atoms with van der Waals surface area (Å²) in [5.74, 6) is -1.11. The Morgan fingerprint density at radius 2 is 1.43 bits per heavy atom. The number of sulfonamides is 1. The van der Waals surface area contributed by atoms with Crippen LogP contribution >= 0.6 is 23.2 Å². The fourth-order valence-corrected chi connectivity index (χ4v) is 6.34. The van der Waals surface area contributed by atoms with E-state index in [0.717, 1.165) is 28.8 Å². The van der Waals surface area contributed by atoms with Crippen molar-refractivity contribution in [2.75, 3.05) is 11.3 Å². The van der Waals surface area contributed by atoms with Crippen LogP contribution in [0.15, 0.2) is 132 Å². The van der Waals surface area contributed by atoms with E-state index in [1.54, 1.807) is 36.4 Å². The van der Waals surface area contributed by atoms with Crippen LogP contribution in [0.2, 0.25) is 10.0 Å². The van der Waals surface area contributed by atoms with E-state index in [9.17, 15) is 22.4 Å². The van der Waals surface area contributed by atoms with Gasteiger partial charge >= 0.3 is 0 Å². The third-order valence-electron chi connectivity index (χ3n) is 7.54. The molecule has 252 valence electrons. The maximum Gasteiger partial charge on any atom is 0.261 e. The van der Waals surface area contributed by atoms with Gasteiger partial charge in [-0.25, -0.2) is 12.8 Å². The van der Waals surface area contributed by atoms with E-state index < -0.39 is 34.4 Å². The lowest BCUT2D eigenvalue weighted by molar-refractivity contribution is -0.142. The average molecular weight is 721 g/mol. The molecule has 2 N–H and O–H groups in total. The fraction of sp³-hybridized carbons (Fsp3) is 0.135. The highest BCUT2D eigenvalue weighted by atomic mass is 35.5. The van der Waals surface area contributed by atoms with Gasteiger partial charge in [0.15, 0.2) is 6.61 Å². The van der Waals surface area contributed by atoms with Crippen LogP contribution in [0, 0.1) is 5.82 Å². The van der Waals surface area contributed by atoms with Crippen molar-refractivity contribution >= 4 is 50.7 Å². The first-order valence-corrected chi connectivity index (χ1v) is 17.4. The zero-order valence-corrected chi connectivity index (χ0v) is 28.4. The zero-order valence-electron chi connectivity index (χ0n) is 26.1. The minimum Gasteiger partial charge on any atom is -0.484 e. The summed E-state index contributed by atoms with van der Waals surface area (Å²) >= 11 is 12.4. The number of anilines is 1. The lowest BCUT2D eigenvalue weighted by atomic mass is 10.0. The third kappa shape index (κ3) is 10.1. The number of ether oxygens (including phenoxy) is 1. The molecule has 0 aliphatic rings. The van der Waals surface area contributed by atoms with E-state index >= 15 is 0 Å². The Morgan fingerprint density at radius 1 is 0.776 bits per heavy atom. The van der Waals surface area contributed by atoms with E-state index in [-0.39, 0.29) is 41.7 Å². The van der Waals surface area contributed by atoms with Gasteiger partial charge < -0.3 is 15.0 Å². The van der Waals surface area contributed by atoms with Crippen molar-refractivity contribution < 1.29 is 27.1 Å². The highest BCUT2D eigenvalue weighted by Crippen LogP contribution is 2.22.